The number of alkyl halides is 1. The van der Waals surface area contributed by atoms with Gasteiger partial charge in [-0.25, -0.2) is 0 Å². The van der Waals surface area contributed by atoms with E-state index in [4.69, 9.17) is 11.6 Å². The van der Waals surface area contributed by atoms with Gasteiger partial charge in [0.2, 0.25) is 0 Å². The molecule has 0 heterocycles. The molecule has 0 radical (unpaired) electrons. The second kappa shape index (κ2) is 10.0. The third-order valence-electron chi connectivity index (χ3n) is 3.47. The Morgan fingerprint density at radius 2 is 1.07 bits per heavy atom. The molecule has 0 nitrogen and oxygen atoms in total. The van der Waals surface area contributed by atoms with Crippen LogP contribution in [0, 0.1) is 0 Å². The summed E-state index contributed by atoms with van der Waals surface area (Å²) in [4.78, 5) is 0. The summed E-state index contributed by atoms with van der Waals surface area (Å²) in [5.74, 6) is 0. The van der Waals surface area contributed by atoms with Crippen LogP contribution >= 0.6 is 11.6 Å². The maximum atomic E-state index is 6.31. The van der Waals surface area contributed by atoms with Gasteiger partial charge in [0.15, 0.2) is 0 Å². The fourth-order valence-corrected chi connectivity index (χ4v) is 13.7. The Bertz CT molecular complexity index is 115. The molecule has 0 rings (SSSR count). The summed E-state index contributed by atoms with van der Waals surface area (Å²) in [7, 11) is 0. The van der Waals surface area contributed by atoms with E-state index < -0.39 is 13.3 Å². The molecule has 0 bridgehead atoms. The van der Waals surface area contributed by atoms with Crippen LogP contribution in [0.15, 0.2) is 0 Å². The van der Waals surface area contributed by atoms with Crippen LogP contribution in [-0.4, -0.2) is 18.0 Å². The summed E-state index contributed by atoms with van der Waals surface area (Å²) >= 11 is 4.71. The number of unbranched alkanes of at least 4 members (excludes halogenated alkanes) is 3. The van der Waals surface area contributed by atoms with E-state index in [9.17, 15) is 0 Å². The standard InChI is InChI=1S/C13H29ClGe/c1-4-7-10-15(13-14,11-8-5-2)12-9-6-3/h4-13H2,1-3H3. The first-order valence-electron chi connectivity index (χ1n) is 6.80. The second-order valence-electron chi connectivity index (χ2n) is 4.94. The molecule has 0 unspecified atom stereocenters. The van der Waals surface area contributed by atoms with Crippen LogP contribution in [0.3, 0.4) is 0 Å². The van der Waals surface area contributed by atoms with Gasteiger partial charge in [-0.2, -0.15) is 0 Å². The maximum absolute atomic E-state index is 6.31. The van der Waals surface area contributed by atoms with Crippen LogP contribution in [0.25, 0.3) is 0 Å². The van der Waals surface area contributed by atoms with Crippen molar-refractivity contribution in [3.63, 3.8) is 0 Å². The number of hydrogen-bond acceptors (Lipinski definition) is 0. The molecule has 92 valence electrons. The van der Waals surface area contributed by atoms with Crippen LogP contribution in [0.2, 0.25) is 15.8 Å². The molecular weight excluding hydrogens is 264 g/mol. The Morgan fingerprint density at radius 3 is 1.27 bits per heavy atom. The van der Waals surface area contributed by atoms with Gasteiger partial charge < -0.3 is 0 Å². The Morgan fingerprint density at radius 1 is 0.733 bits per heavy atom. The zero-order chi connectivity index (χ0) is 11.6. The predicted molar refractivity (Wildman–Crippen MR) is 75.6 cm³/mol. The molecule has 15 heavy (non-hydrogen) atoms. The van der Waals surface area contributed by atoms with Gasteiger partial charge in [-0.15, -0.1) is 0 Å². The van der Waals surface area contributed by atoms with E-state index >= 15 is 0 Å². The molecule has 0 aromatic carbocycles. The predicted octanol–water partition coefficient (Wildman–Crippen LogP) is 5.61. The minimum absolute atomic E-state index is 1.06. The van der Waals surface area contributed by atoms with Crippen molar-refractivity contribution in [2.45, 2.75) is 75.1 Å². The van der Waals surface area contributed by atoms with Crippen LogP contribution in [0.1, 0.15) is 59.3 Å². The van der Waals surface area contributed by atoms with Crippen LogP contribution in [-0.2, 0) is 0 Å². The average molecular weight is 293 g/mol. The first kappa shape index (κ1) is 15.8. The molecule has 0 aliphatic rings. The molecular formula is C13H29ClGe. The molecule has 2 heteroatoms. The molecule has 0 spiro atoms. The van der Waals surface area contributed by atoms with E-state index in [1.807, 2.05) is 0 Å². The van der Waals surface area contributed by atoms with E-state index in [0.29, 0.717) is 0 Å². The molecule has 0 saturated heterocycles. The molecule has 0 aliphatic heterocycles. The van der Waals surface area contributed by atoms with Crippen molar-refractivity contribution in [1.82, 2.24) is 0 Å². The Labute approximate surface area is 105 Å². The monoisotopic (exact) mass is 294 g/mol. The van der Waals surface area contributed by atoms with Crippen molar-refractivity contribution in [1.29, 1.82) is 0 Å². The molecule has 0 fully saturated rings. The van der Waals surface area contributed by atoms with Gasteiger partial charge in [-0.05, 0) is 0 Å². The fourth-order valence-electron chi connectivity index (χ4n) is 2.23. The summed E-state index contributed by atoms with van der Waals surface area (Å²) in [6.45, 7) is 6.92. The van der Waals surface area contributed by atoms with Crippen molar-refractivity contribution >= 4 is 24.9 Å². The van der Waals surface area contributed by atoms with Crippen LogP contribution < -0.4 is 0 Å². The van der Waals surface area contributed by atoms with Gasteiger partial charge in [0.05, 0.1) is 0 Å². The van der Waals surface area contributed by atoms with Gasteiger partial charge in [-0.1, -0.05) is 0 Å². The van der Waals surface area contributed by atoms with Gasteiger partial charge >= 0.3 is 105 Å². The van der Waals surface area contributed by atoms with E-state index in [2.05, 4.69) is 20.8 Å². The summed E-state index contributed by atoms with van der Waals surface area (Å²) < 4.78 is 1.06. The Hall–Kier alpha value is 0.833. The van der Waals surface area contributed by atoms with Crippen molar-refractivity contribution in [3.05, 3.63) is 0 Å². The number of hydrogen-bond donors (Lipinski definition) is 0. The quantitative estimate of drug-likeness (QED) is 0.362. The average Bonchev–Trinajstić information content (AvgIpc) is 2.29. The minimum atomic E-state index is -1.60. The molecule has 0 saturated carbocycles. The topological polar surface area (TPSA) is 0 Å². The zero-order valence-electron chi connectivity index (χ0n) is 10.9. The van der Waals surface area contributed by atoms with E-state index in [-0.39, 0.29) is 0 Å². The van der Waals surface area contributed by atoms with Crippen molar-refractivity contribution in [3.8, 4) is 0 Å². The Balaban J connectivity index is 4.16. The van der Waals surface area contributed by atoms with Crippen LogP contribution in [0.5, 0.6) is 0 Å². The van der Waals surface area contributed by atoms with Gasteiger partial charge in [-0.3, -0.25) is 0 Å². The summed E-state index contributed by atoms with van der Waals surface area (Å²) in [5.41, 5.74) is 0. The fraction of sp³-hybridized carbons (Fsp3) is 1.00. The van der Waals surface area contributed by atoms with Crippen molar-refractivity contribution in [2.24, 2.45) is 0 Å². The first-order chi connectivity index (χ1) is 7.24. The van der Waals surface area contributed by atoms with Gasteiger partial charge in [0.1, 0.15) is 0 Å². The van der Waals surface area contributed by atoms with Crippen molar-refractivity contribution in [2.75, 3.05) is 4.71 Å². The van der Waals surface area contributed by atoms with E-state index in [0.717, 1.165) is 4.71 Å². The zero-order valence-corrected chi connectivity index (χ0v) is 13.8. The molecule has 0 atom stereocenters. The first-order valence-corrected chi connectivity index (χ1v) is 13.3. The van der Waals surface area contributed by atoms with E-state index in [1.165, 1.54) is 54.3 Å². The second-order valence-corrected chi connectivity index (χ2v) is 16.3. The number of halogens is 1. The molecule has 0 aromatic rings. The van der Waals surface area contributed by atoms with Gasteiger partial charge in [0.25, 0.3) is 0 Å². The SMILES string of the molecule is CCC[CH2][Ge]([CH2]Cl)([CH2]CCC)[CH2]CCC. The third-order valence-corrected chi connectivity index (χ3v) is 16.5. The third kappa shape index (κ3) is 6.89. The van der Waals surface area contributed by atoms with Crippen LogP contribution in [0.4, 0.5) is 0 Å². The summed E-state index contributed by atoms with van der Waals surface area (Å²) in [6.07, 6.45) is 8.34. The normalized spacial score (nSPS) is 12.0. The molecule has 0 aliphatic carbocycles. The molecule has 0 amide bonds. The molecule has 0 aromatic heterocycles. The summed E-state index contributed by atoms with van der Waals surface area (Å²) in [5, 5.41) is 4.58. The van der Waals surface area contributed by atoms with Gasteiger partial charge in [0, 0.05) is 0 Å². The van der Waals surface area contributed by atoms with E-state index in [1.54, 1.807) is 0 Å². The summed E-state index contributed by atoms with van der Waals surface area (Å²) in [6, 6.07) is 0. The Kier molecular flexibility index (Phi) is 10.6. The van der Waals surface area contributed by atoms with Crippen molar-refractivity contribution < 1.29 is 0 Å². The number of rotatable bonds is 10. The molecule has 0 N–H and O–H groups in total.